The number of amides is 1. The number of carboxylic acid groups (broad SMARTS) is 1. The monoisotopic (exact) mass is 308 g/mol. The molecule has 2 aromatic rings. The number of aromatic carboxylic acids is 1. The number of anilines is 1. The highest BCUT2D eigenvalue weighted by Gasteiger charge is 2.17. The largest absolute Gasteiger partial charge is 0.478 e. The molecular formula is C14H16N2O4S. The minimum Gasteiger partial charge on any atom is -0.478 e. The maximum atomic E-state index is 12.0. The second kappa shape index (κ2) is 6.09. The molecule has 2 rings (SSSR count). The van der Waals surface area contributed by atoms with Crippen LogP contribution >= 0.6 is 11.3 Å². The fourth-order valence-electron chi connectivity index (χ4n) is 2.05. The molecule has 0 saturated carbocycles. The van der Waals surface area contributed by atoms with Crippen LogP contribution < -0.4 is 5.32 Å². The molecule has 0 aliphatic heterocycles. The summed E-state index contributed by atoms with van der Waals surface area (Å²) in [5.41, 5.74) is 1.83. The first-order valence-electron chi connectivity index (χ1n) is 6.43. The lowest BCUT2D eigenvalue weighted by atomic mass is 10.1. The lowest BCUT2D eigenvalue weighted by Gasteiger charge is -2.04. The van der Waals surface area contributed by atoms with Gasteiger partial charge in [-0.3, -0.25) is 4.79 Å². The van der Waals surface area contributed by atoms with Gasteiger partial charge in [-0.05, 0) is 33.3 Å². The number of rotatable bonds is 5. The Labute approximate surface area is 125 Å². The molecule has 0 saturated heterocycles. The normalized spacial score (nSPS) is 10.6. The summed E-state index contributed by atoms with van der Waals surface area (Å²) in [4.78, 5) is 23.9. The predicted molar refractivity (Wildman–Crippen MR) is 78.9 cm³/mol. The summed E-state index contributed by atoms with van der Waals surface area (Å²) < 4.78 is 5.04. The Hall–Kier alpha value is -2.15. The Kier molecular flexibility index (Phi) is 4.42. The molecule has 0 fully saturated rings. The number of nitrogens with one attached hydrogen (secondary N) is 1. The van der Waals surface area contributed by atoms with Crippen molar-refractivity contribution in [2.24, 2.45) is 0 Å². The Morgan fingerprint density at radius 1 is 1.38 bits per heavy atom. The average Bonchev–Trinajstić information content (AvgIpc) is 2.91. The molecule has 0 unspecified atom stereocenters. The molecule has 0 radical (unpaired) electrons. The van der Waals surface area contributed by atoms with Gasteiger partial charge >= 0.3 is 5.97 Å². The third-order valence-corrected chi connectivity index (χ3v) is 4.09. The summed E-state index contributed by atoms with van der Waals surface area (Å²) in [5.74, 6) is -0.557. The van der Waals surface area contributed by atoms with Crippen molar-refractivity contribution < 1.29 is 19.2 Å². The van der Waals surface area contributed by atoms with Gasteiger partial charge in [-0.25, -0.2) is 4.79 Å². The van der Waals surface area contributed by atoms with Crippen LogP contribution in [-0.2, 0) is 11.2 Å². The van der Waals surface area contributed by atoms with E-state index in [4.69, 9.17) is 9.63 Å². The summed E-state index contributed by atoms with van der Waals surface area (Å²) in [6, 6.07) is 1.55. The quantitative estimate of drug-likeness (QED) is 0.886. The average molecular weight is 308 g/mol. The molecule has 2 heterocycles. The topological polar surface area (TPSA) is 92.4 Å². The number of aryl methyl sites for hydroxylation is 3. The van der Waals surface area contributed by atoms with E-state index in [0.29, 0.717) is 17.2 Å². The van der Waals surface area contributed by atoms with E-state index >= 15 is 0 Å². The van der Waals surface area contributed by atoms with E-state index in [9.17, 15) is 9.59 Å². The van der Waals surface area contributed by atoms with E-state index in [-0.39, 0.29) is 17.9 Å². The Bertz CT molecular complexity index is 668. The van der Waals surface area contributed by atoms with Crippen molar-refractivity contribution in [3.8, 4) is 0 Å². The van der Waals surface area contributed by atoms with Gasteiger partial charge in [0.25, 0.3) is 0 Å². The molecule has 1 amide bonds. The Morgan fingerprint density at radius 2 is 2.10 bits per heavy atom. The van der Waals surface area contributed by atoms with E-state index in [1.54, 1.807) is 19.9 Å². The van der Waals surface area contributed by atoms with Crippen LogP contribution in [0.25, 0.3) is 0 Å². The van der Waals surface area contributed by atoms with Crippen LogP contribution in [0.15, 0.2) is 10.6 Å². The van der Waals surface area contributed by atoms with E-state index in [1.807, 2.05) is 6.92 Å². The molecule has 0 aliphatic carbocycles. The van der Waals surface area contributed by atoms with Gasteiger partial charge < -0.3 is 14.9 Å². The number of hydrogen-bond acceptors (Lipinski definition) is 5. The molecule has 2 N–H and O–H groups in total. The van der Waals surface area contributed by atoms with E-state index in [2.05, 4.69) is 10.5 Å². The second-order valence-corrected chi connectivity index (χ2v) is 6.01. The number of carboxylic acids is 1. The summed E-state index contributed by atoms with van der Waals surface area (Å²) in [6.07, 6.45) is 0.763. The Morgan fingerprint density at radius 3 is 2.67 bits per heavy atom. The number of aromatic nitrogens is 1. The molecule has 0 aromatic carbocycles. The number of carbonyl (C=O) groups is 2. The number of nitrogens with zero attached hydrogens (tertiary/aromatic N) is 1. The minimum absolute atomic E-state index is 0.128. The number of thiophene rings is 1. The van der Waals surface area contributed by atoms with Gasteiger partial charge in [-0.15, -0.1) is 11.3 Å². The fraction of sp³-hybridized carbons (Fsp3) is 0.357. The fourth-order valence-corrected chi connectivity index (χ4v) is 2.97. The van der Waals surface area contributed by atoms with Gasteiger partial charge in [0.05, 0.1) is 11.3 Å². The third-order valence-electron chi connectivity index (χ3n) is 3.12. The molecule has 0 spiro atoms. The highest BCUT2D eigenvalue weighted by molar-refractivity contribution is 7.16. The number of carbonyl (C=O) groups excluding carboxylic acids is 1. The van der Waals surface area contributed by atoms with Gasteiger partial charge in [0.2, 0.25) is 5.91 Å². The first-order valence-corrected chi connectivity index (χ1v) is 7.25. The van der Waals surface area contributed by atoms with Crippen LogP contribution in [0.3, 0.4) is 0 Å². The van der Waals surface area contributed by atoms with Crippen molar-refractivity contribution in [3.05, 3.63) is 33.5 Å². The van der Waals surface area contributed by atoms with Crippen LogP contribution in [0.1, 0.15) is 38.7 Å². The van der Waals surface area contributed by atoms with Crippen molar-refractivity contribution in [1.29, 1.82) is 0 Å². The third kappa shape index (κ3) is 3.49. The van der Waals surface area contributed by atoms with Crippen molar-refractivity contribution in [2.75, 3.05) is 5.32 Å². The standard InChI is InChI=1S/C14H16N2O4S/c1-7-6-11(14(18)19)13(21-7)15-12(17)5-4-10-8(2)16-20-9(10)3/h6H,4-5H2,1-3H3,(H,15,17)(H,18,19). The first kappa shape index (κ1) is 15.2. The minimum atomic E-state index is -1.04. The first-order chi connectivity index (χ1) is 9.88. The van der Waals surface area contributed by atoms with Gasteiger partial charge in [0, 0.05) is 16.9 Å². The van der Waals surface area contributed by atoms with Crippen molar-refractivity contribution in [2.45, 2.75) is 33.6 Å². The summed E-state index contributed by atoms with van der Waals surface area (Å²) >= 11 is 1.26. The maximum absolute atomic E-state index is 12.0. The molecule has 0 bridgehead atoms. The van der Waals surface area contributed by atoms with Crippen LogP contribution in [0.5, 0.6) is 0 Å². The van der Waals surface area contributed by atoms with Crippen molar-refractivity contribution >= 4 is 28.2 Å². The Balaban J connectivity index is 2.01. The van der Waals surface area contributed by atoms with Crippen LogP contribution in [0.2, 0.25) is 0 Å². The van der Waals surface area contributed by atoms with Crippen LogP contribution in [-0.4, -0.2) is 22.1 Å². The molecular weight excluding hydrogens is 292 g/mol. The lowest BCUT2D eigenvalue weighted by molar-refractivity contribution is -0.116. The highest BCUT2D eigenvalue weighted by Crippen LogP contribution is 2.27. The van der Waals surface area contributed by atoms with Crippen molar-refractivity contribution in [3.63, 3.8) is 0 Å². The van der Waals surface area contributed by atoms with Crippen LogP contribution in [0.4, 0.5) is 5.00 Å². The zero-order chi connectivity index (χ0) is 15.6. The van der Waals surface area contributed by atoms with Gasteiger partial charge in [0.1, 0.15) is 10.8 Å². The molecule has 0 aliphatic rings. The number of hydrogen-bond donors (Lipinski definition) is 2. The summed E-state index contributed by atoms with van der Waals surface area (Å²) in [7, 11) is 0. The molecule has 6 nitrogen and oxygen atoms in total. The smallest absolute Gasteiger partial charge is 0.338 e. The molecule has 7 heteroatoms. The molecule has 2 aromatic heterocycles. The zero-order valence-corrected chi connectivity index (χ0v) is 12.8. The van der Waals surface area contributed by atoms with Gasteiger partial charge in [0.15, 0.2) is 0 Å². The van der Waals surface area contributed by atoms with Crippen LogP contribution in [0, 0.1) is 20.8 Å². The maximum Gasteiger partial charge on any atom is 0.338 e. The SMILES string of the molecule is Cc1cc(C(=O)O)c(NC(=O)CCc2c(C)noc2C)s1. The summed E-state index contributed by atoms with van der Waals surface area (Å²) in [5, 5.41) is 16.0. The second-order valence-electron chi connectivity index (χ2n) is 4.76. The van der Waals surface area contributed by atoms with E-state index in [1.165, 1.54) is 11.3 Å². The van der Waals surface area contributed by atoms with E-state index < -0.39 is 5.97 Å². The highest BCUT2D eigenvalue weighted by atomic mass is 32.1. The zero-order valence-electron chi connectivity index (χ0n) is 12.0. The van der Waals surface area contributed by atoms with E-state index in [0.717, 1.165) is 16.1 Å². The van der Waals surface area contributed by atoms with Gasteiger partial charge in [-0.1, -0.05) is 5.16 Å². The van der Waals surface area contributed by atoms with Crippen molar-refractivity contribution in [1.82, 2.24) is 5.16 Å². The molecule has 112 valence electrons. The molecule has 21 heavy (non-hydrogen) atoms. The molecule has 0 atom stereocenters. The lowest BCUT2D eigenvalue weighted by Crippen LogP contribution is -2.13. The van der Waals surface area contributed by atoms with Gasteiger partial charge in [-0.2, -0.15) is 0 Å². The predicted octanol–water partition coefficient (Wildman–Crippen LogP) is 2.93. The summed E-state index contributed by atoms with van der Waals surface area (Å²) in [6.45, 7) is 5.43.